The van der Waals surface area contributed by atoms with E-state index in [1.807, 2.05) is 30.3 Å². The Hall–Kier alpha value is -4.00. The molecule has 0 aliphatic carbocycles. The molecule has 0 spiro atoms. The summed E-state index contributed by atoms with van der Waals surface area (Å²) < 4.78 is 16.7. The summed E-state index contributed by atoms with van der Waals surface area (Å²) in [7, 11) is 2.97. The van der Waals surface area contributed by atoms with Crippen molar-refractivity contribution in [3.8, 4) is 17.2 Å². The van der Waals surface area contributed by atoms with Gasteiger partial charge in [-0.3, -0.25) is 9.59 Å². The Bertz CT molecular complexity index is 1130. The summed E-state index contributed by atoms with van der Waals surface area (Å²) in [6.07, 6.45) is -0.752. The van der Waals surface area contributed by atoms with Gasteiger partial charge in [0, 0.05) is 17.7 Å². The number of carbonyl (C=O) groups excluding carboxylic acids is 2. The molecule has 0 fully saturated rings. The summed E-state index contributed by atoms with van der Waals surface area (Å²) in [5.41, 5.74) is 2.52. The van der Waals surface area contributed by atoms with E-state index in [0.717, 1.165) is 0 Å². The Morgan fingerprint density at radius 1 is 0.765 bits per heavy atom. The van der Waals surface area contributed by atoms with Crippen molar-refractivity contribution in [1.29, 1.82) is 0 Å². The predicted molar refractivity (Wildman–Crippen MR) is 133 cm³/mol. The molecule has 1 unspecified atom stereocenters. The average molecular weight is 463 g/mol. The average Bonchev–Trinajstić information content (AvgIpc) is 2.85. The molecule has 7 heteroatoms. The third-order valence-electron chi connectivity index (χ3n) is 5.29. The van der Waals surface area contributed by atoms with Gasteiger partial charge in [-0.1, -0.05) is 44.2 Å². The van der Waals surface area contributed by atoms with E-state index < -0.39 is 6.10 Å². The van der Waals surface area contributed by atoms with Crippen LogP contribution in [-0.4, -0.2) is 32.1 Å². The van der Waals surface area contributed by atoms with E-state index in [0.29, 0.717) is 40.1 Å². The standard InChI is InChI=1S/C27H30N2O5/c1-17(2)19-11-13-21(14-12-19)34-18(3)26(30)28-22-15-25(33-5)23(16-24(22)32-4)29-27(31)20-9-7-6-8-10-20/h6-18H,1-5H3,(H,28,30)(H,29,31). The van der Waals surface area contributed by atoms with E-state index in [1.165, 1.54) is 19.8 Å². The van der Waals surface area contributed by atoms with Crippen LogP contribution in [0.25, 0.3) is 0 Å². The van der Waals surface area contributed by atoms with E-state index in [2.05, 4.69) is 24.5 Å². The number of amides is 2. The van der Waals surface area contributed by atoms with Crippen LogP contribution in [0.5, 0.6) is 17.2 Å². The third kappa shape index (κ3) is 6.07. The van der Waals surface area contributed by atoms with Gasteiger partial charge in [0.05, 0.1) is 25.6 Å². The molecule has 3 aromatic carbocycles. The van der Waals surface area contributed by atoms with E-state index in [4.69, 9.17) is 14.2 Å². The maximum atomic E-state index is 12.8. The molecular weight excluding hydrogens is 432 g/mol. The van der Waals surface area contributed by atoms with Crippen LogP contribution in [0.15, 0.2) is 66.7 Å². The van der Waals surface area contributed by atoms with Crippen molar-refractivity contribution >= 4 is 23.2 Å². The minimum Gasteiger partial charge on any atom is -0.494 e. The van der Waals surface area contributed by atoms with E-state index >= 15 is 0 Å². The number of carbonyl (C=O) groups is 2. The normalized spacial score (nSPS) is 11.5. The topological polar surface area (TPSA) is 85.9 Å². The van der Waals surface area contributed by atoms with Gasteiger partial charge in [0.15, 0.2) is 6.10 Å². The number of methoxy groups -OCH3 is 2. The van der Waals surface area contributed by atoms with Crippen molar-refractivity contribution in [2.75, 3.05) is 24.9 Å². The largest absolute Gasteiger partial charge is 0.494 e. The molecule has 0 radical (unpaired) electrons. The van der Waals surface area contributed by atoms with Crippen molar-refractivity contribution < 1.29 is 23.8 Å². The molecule has 0 heterocycles. The van der Waals surface area contributed by atoms with E-state index in [1.54, 1.807) is 43.3 Å². The van der Waals surface area contributed by atoms with Crippen molar-refractivity contribution in [1.82, 2.24) is 0 Å². The Morgan fingerprint density at radius 2 is 1.32 bits per heavy atom. The van der Waals surface area contributed by atoms with Crippen LogP contribution in [0.4, 0.5) is 11.4 Å². The summed E-state index contributed by atoms with van der Waals surface area (Å²) in [4.78, 5) is 25.4. The van der Waals surface area contributed by atoms with Crippen molar-refractivity contribution in [2.45, 2.75) is 32.8 Å². The Morgan fingerprint density at radius 3 is 1.85 bits per heavy atom. The number of anilines is 2. The van der Waals surface area contributed by atoms with Gasteiger partial charge < -0.3 is 24.8 Å². The molecule has 178 valence electrons. The first-order valence-electron chi connectivity index (χ1n) is 11.0. The van der Waals surface area contributed by atoms with Gasteiger partial charge in [0.25, 0.3) is 11.8 Å². The zero-order chi connectivity index (χ0) is 24.7. The molecule has 0 saturated heterocycles. The molecule has 0 aliphatic heterocycles. The highest BCUT2D eigenvalue weighted by molar-refractivity contribution is 6.05. The first-order chi connectivity index (χ1) is 16.3. The van der Waals surface area contributed by atoms with Crippen LogP contribution >= 0.6 is 0 Å². The molecule has 7 nitrogen and oxygen atoms in total. The van der Waals surface area contributed by atoms with E-state index in [9.17, 15) is 9.59 Å². The van der Waals surface area contributed by atoms with E-state index in [-0.39, 0.29) is 11.8 Å². The van der Waals surface area contributed by atoms with Crippen LogP contribution < -0.4 is 24.8 Å². The molecule has 3 aromatic rings. The van der Waals surface area contributed by atoms with Gasteiger partial charge >= 0.3 is 0 Å². The van der Waals surface area contributed by atoms with Crippen LogP contribution in [0.2, 0.25) is 0 Å². The van der Waals surface area contributed by atoms with Gasteiger partial charge in [-0.2, -0.15) is 0 Å². The van der Waals surface area contributed by atoms with Crippen molar-refractivity contribution in [2.24, 2.45) is 0 Å². The van der Waals surface area contributed by atoms with Crippen LogP contribution in [0.1, 0.15) is 42.6 Å². The second-order valence-electron chi connectivity index (χ2n) is 8.05. The van der Waals surface area contributed by atoms with Gasteiger partial charge in [0.1, 0.15) is 17.2 Å². The Labute approximate surface area is 200 Å². The first kappa shape index (κ1) is 24.6. The van der Waals surface area contributed by atoms with Crippen LogP contribution in [0.3, 0.4) is 0 Å². The summed E-state index contributed by atoms with van der Waals surface area (Å²) in [5.74, 6) is 1.12. The number of rotatable bonds is 9. The fourth-order valence-electron chi connectivity index (χ4n) is 3.30. The first-order valence-corrected chi connectivity index (χ1v) is 11.0. The number of ether oxygens (including phenoxy) is 3. The Balaban J connectivity index is 1.74. The third-order valence-corrected chi connectivity index (χ3v) is 5.29. The lowest BCUT2D eigenvalue weighted by Crippen LogP contribution is -2.30. The summed E-state index contributed by atoms with van der Waals surface area (Å²) in [5, 5.41) is 5.64. The molecule has 0 saturated carbocycles. The maximum Gasteiger partial charge on any atom is 0.265 e. The second-order valence-corrected chi connectivity index (χ2v) is 8.05. The monoisotopic (exact) mass is 462 g/mol. The van der Waals surface area contributed by atoms with Crippen LogP contribution in [0, 0.1) is 0 Å². The smallest absolute Gasteiger partial charge is 0.265 e. The quantitative estimate of drug-likeness (QED) is 0.439. The number of hydrogen-bond acceptors (Lipinski definition) is 5. The van der Waals surface area contributed by atoms with Crippen molar-refractivity contribution in [3.63, 3.8) is 0 Å². The SMILES string of the molecule is COc1cc(NC(=O)C(C)Oc2ccc(C(C)C)cc2)c(OC)cc1NC(=O)c1ccccc1. The van der Waals surface area contributed by atoms with Crippen LogP contribution in [-0.2, 0) is 4.79 Å². The highest BCUT2D eigenvalue weighted by Crippen LogP contribution is 2.37. The fraction of sp³-hybridized carbons (Fsp3) is 0.259. The number of hydrogen-bond donors (Lipinski definition) is 2. The Kier molecular flexibility index (Phi) is 8.14. The molecular formula is C27H30N2O5. The maximum absolute atomic E-state index is 12.8. The summed E-state index contributed by atoms with van der Waals surface area (Å²) in [6, 6.07) is 19.7. The zero-order valence-electron chi connectivity index (χ0n) is 20.0. The highest BCUT2D eigenvalue weighted by atomic mass is 16.5. The molecule has 34 heavy (non-hydrogen) atoms. The lowest BCUT2D eigenvalue weighted by atomic mass is 10.0. The second kappa shape index (κ2) is 11.2. The van der Waals surface area contributed by atoms with Gasteiger partial charge in [-0.05, 0) is 42.7 Å². The summed E-state index contributed by atoms with van der Waals surface area (Å²) >= 11 is 0. The summed E-state index contributed by atoms with van der Waals surface area (Å²) in [6.45, 7) is 5.90. The van der Waals surface area contributed by atoms with Crippen molar-refractivity contribution in [3.05, 3.63) is 77.9 Å². The van der Waals surface area contributed by atoms with Gasteiger partial charge in [-0.15, -0.1) is 0 Å². The minimum atomic E-state index is -0.752. The molecule has 0 aromatic heterocycles. The lowest BCUT2D eigenvalue weighted by molar-refractivity contribution is -0.122. The zero-order valence-corrected chi connectivity index (χ0v) is 20.0. The molecule has 2 N–H and O–H groups in total. The van der Waals surface area contributed by atoms with Gasteiger partial charge in [-0.25, -0.2) is 0 Å². The molecule has 0 aliphatic rings. The fourth-order valence-corrected chi connectivity index (χ4v) is 3.30. The predicted octanol–water partition coefficient (Wildman–Crippen LogP) is 5.49. The number of nitrogens with one attached hydrogen (secondary N) is 2. The molecule has 1 atom stereocenters. The van der Waals surface area contributed by atoms with Gasteiger partial charge in [0.2, 0.25) is 0 Å². The highest BCUT2D eigenvalue weighted by Gasteiger charge is 2.20. The lowest BCUT2D eigenvalue weighted by Gasteiger charge is -2.19. The molecule has 3 rings (SSSR count). The molecule has 0 bridgehead atoms. The minimum absolute atomic E-state index is 0.289. The molecule has 2 amide bonds. The number of benzene rings is 3.